The fourth-order valence-corrected chi connectivity index (χ4v) is 3.20. The summed E-state index contributed by atoms with van der Waals surface area (Å²) in [5.74, 6) is 0.596. The summed E-state index contributed by atoms with van der Waals surface area (Å²) in [6.45, 7) is 1.45. The Labute approximate surface area is 145 Å². The number of hydrogen-bond acceptors (Lipinski definition) is 4. The van der Waals surface area contributed by atoms with Gasteiger partial charge in [0.1, 0.15) is 29.6 Å². The maximum atomic E-state index is 12.9. The van der Waals surface area contributed by atoms with Crippen molar-refractivity contribution in [1.82, 2.24) is 0 Å². The van der Waals surface area contributed by atoms with Crippen LogP contribution in [-0.4, -0.2) is 8.42 Å². The maximum absolute atomic E-state index is 12.9. The minimum atomic E-state index is -3.98. The molecule has 0 atom stereocenters. The molecular formula is C18H17FNO4S+. The number of benzene rings is 2. The fraction of sp³-hybridized carbons (Fsp3) is 0.111. The van der Waals surface area contributed by atoms with Crippen LogP contribution in [0.1, 0.15) is 11.3 Å². The molecule has 1 heterocycles. The second-order valence-corrected chi connectivity index (χ2v) is 6.96. The molecule has 2 N–H and O–H groups in total. The molecule has 0 saturated carbocycles. The highest BCUT2D eigenvalue weighted by atomic mass is 32.2. The molecular weight excluding hydrogens is 345 g/mol. The standard InChI is InChI=1S/C18H16FNO4S/c19-15-5-9-18(10-6-15)25(21,22)24-16-7-3-14(4-8-16)12-20-13-17-2-1-11-23-17/h1-11,20H,12-13H2/p+1. The second kappa shape index (κ2) is 7.50. The minimum absolute atomic E-state index is 0.0928. The number of furan rings is 1. The van der Waals surface area contributed by atoms with Crippen molar-refractivity contribution in [2.24, 2.45) is 0 Å². The molecule has 0 aliphatic carbocycles. The molecule has 0 saturated heterocycles. The Morgan fingerprint density at radius 1 is 0.960 bits per heavy atom. The summed E-state index contributed by atoms with van der Waals surface area (Å²) in [7, 11) is -3.98. The van der Waals surface area contributed by atoms with E-state index in [1.54, 1.807) is 30.5 Å². The summed E-state index contributed by atoms with van der Waals surface area (Å²) < 4.78 is 47.5. The molecule has 0 aliphatic heterocycles. The molecule has 0 fully saturated rings. The highest BCUT2D eigenvalue weighted by Crippen LogP contribution is 2.19. The van der Waals surface area contributed by atoms with Gasteiger partial charge in [-0.3, -0.25) is 0 Å². The quantitative estimate of drug-likeness (QED) is 0.655. The first kappa shape index (κ1) is 17.2. The highest BCUT2D eigenvalue weighted by molar-refractivity contribution is 7.87. The van der Waals surface area contributed by atoms with Crippen LogP contribution >= 0.6 is 0 Å². The second-order valence-electron chi connectivity index (χ2n) is 5.41. The predicted octanol–water partition coefficient (Wildman–Crippen LogP) is 2.45. The summed E-state index contributed by atoms with van der Waals surface area (Å²) >= 11 is 0. The van der Waals surface area contributed by atoms with Crippen LogP contribution in [0.5, 0.6) is 5.75 Å². The summed E-state index contributed by atoms with van der Waals surface area (Å²) in [5.41, 5.74) is 1.03. The minimum Gasteiger partial charge on any atom is -0.463 e. The zero-order valence-corrected chi connectivity index (χ0v) is 14.1. The monoisotopic (exact) mass is 362 g/mol. The Kier molecular flexibility index (Phi) is 5.16. The van der Waals surface area contributed by atoms with Crippen molar-refractivity contribution in [3.8, 4) is 5.75 Å². The van der Waals surface area contributed by atoms with Gasteiger partial charge in [0.2, 0.25) is 0 Å². The molecule has 0 bridgehead atoms. The van der Waals surface area contributed by atoms with Crippen LogP contribution in [0.3, 0.4) is 0 Å². The van der Waals surface area contributed by atoms with Gasteiger partial charge in [0.15, 0.2) is 5.76 Å². The van der Waals surface area contributed by atoms with Crippen LogP contribution in [0.25, 0.3) is 0 Å². The van der Waals surface area contributed by atoms with E-state index >= 15 is 0 Å². The normalized spacial score (nSPS) is 11.4. The van der Waals surface area contributed by atoms with Crippen molar-refractivity contribution >= 4 is 10.1 Å². The van der Waals surface area contributed by atoms with E-state index < -0.39 is 15.9 Å². The first-order valence-corrected chi connectivity index (χ1v) is 9.07. The van der Waals surface area contributed by atoms with Gasteiger partial charge in [0.25, 0.3) is 0 Å². The Bertz CT molecular complexity index is 905. The first-order chi connectivity index (χ1) is 12.0. The van der Waals surface area contributed by atoms with Gasteiger partial charge < -0.3 is 13.9 Å². The van der Waals surface area contributed by atoms with Gasteiger partial charge in [-0.05, 0) is 60.7 Å². The van der Waals surface area contributed by atoms with Crippen molar-refractivity contribution < 1.29 is 26.7 Å². The Hall–Kier alpha value is -2.64. The lowest BCUT2D eigenvalue weighted by Crippen LogP contribution is -2.80. The molecule has 25 heavy (non-hydrogen) atoms. The average molecular weight is 362 g/mol. The van der Waals surface area contributed by atoms with Crippen molar-refractivity contribution in [1.29, 1.82) is 0 Å². The van der Waals surface area contributed by atoms with Gasteiger partial charge in [-0.2, -0.15) is 8.42 Å². The largest absolute Gasteiger partial charge is 0.463 e. The molecule has 0 aliphatic rings. The third-order valence-corrected chi connectivity index (χ3v) is 4.80. The number of halogens is 1. The molecule has 0 spiro atoms. The van der Waals surface area contributed by atoms with E-state index in [-0.39, 0.29) is 10.6 Å². The zero-order valence-electron chi connectivity index (χ0n) is 13.3. The van der Waals surface area contributed by atoms with Crippen molar-refractivity contribution in [3.63, 3.8) is 0 Å². The van der Waals surface area contributed by atoms with Crippen LogP contribution in [0.4, 0.5) is 4.39 Å². The van der Waals surface area contributed by atoms with Crippen LogP contribution in [-0.2, 0) is 23.2 Å². The van der Waals surface area contributed by atoms with Gasteiger partial charge in [-0.25, -0.2) is 4.39 Å². The van der Waals surface area contributed by atoms with Crippen molar-refractivity contribution in [2.45, 2.75) is 18.0 Å². The SMILES string of the molecule is O=S(=O)(Oc1ccc(C[NH2+]Cc2ccco2)cc1)c1ccc(F)cc1. The molecule has 5 nitrogen and oxygen atoms in total. The smallest absolute Gasteiger partial charge is 0.339 e. The molecule has 2 aromatic carbocycles. The Morgan fingerprint density at radius 3 is 2.32 bits per heavy atom. The third kappa shape index (κ3) is 4.68. The van der Waals surface area contributed by atoms with Gasteiger partial charge in [0, 0.05) is 5.56 Å². The van der Waals surface area contributed by atoms with E-state index in [0.717, 1.165) is 36.5 Å². The fourth-order valence-electron chi connectivity index (χ4n) is 2.27. The van der Waals surface area contributed by atoms with Crippen LogP contribution in [0.2, 0.25) is 0 Å². The van der Waals surface area contributed by atoms with E-state index in [0.29, 0.717) is 0 Å². The van der Waals surface area contributed by atoms with Crippen molar-refractivity contribution in [2.75, 3.05) is 0 Å². The van der Waals surface area contributed by atoms with Gasteiger partial charge in [-0.1, -0.05) is 0 Å². The molecule has 7 heteroatoms. The van der Waals surface area contributed by atoms with Gasteiger partial charge in [0.05, 0.1) is 6.26 Å². The van der Waals surface area contributed by atoms with Crippen LogP contribution < -0.4 is 9.50 Å². The number of nitrogens with two attached hydrogens (primary N) is 1. The van der Waals surface area contributed by atoms with E-state index in [1.165, 1.54) is 12.1 Å². The summed E-state index contributed by atoms with van der Waals surface area (Å²) in [6, 6.07) is 15.0. The first-order valence-electron chi connectivity index (χ1n) is 7.66. The Morgan fingerprint density at radius 2 is 1.68 bits per heavy atom. The number of quaternary nitrogens is 1. The molecule has 0 amide bonds. The summed E-state index contributed by atoms with van der Waals surface area (Å²) in [4.78, 5) is -0.0928. The van der Waals surface area contributed by atoms with Gasteiger partial charge in [-0.15, -0.1) is 0 Å². The molecule has 0 radical (unpaired) electrons. The number of rotatable bonds is 7. The molecule has 0 unspecified atom stereocenters. The lowest BCUT2D eigenvalue weighted by Gasteiger charge is -2.07. The highest BCUT2D eigenvalue weighted by Gasteiger charge is 2.16. The lowest BCUT2D eigenvalue weighted by molar-refractivity contribution is -0.687. The van der Waals surface area contributed by atoms with Crippen molar-refractivity contribution in [3.05, 3.63) is 84.1 Å². The van der Waals surface area contributed by atoms with Gasteiger partial charge >= 0.3 is 10.1 Å². The predicted molar refractivity (Wildman–Crippen MR) is 88.7 cm³/mol. The van der Waals surface area contributed by atoms with Crippen LogP contribution in [0, 0.1) is 5.82 Å². The molecule has 3 rings (SSSR count). The Balaban J connectivity index is 1.59. The third-order valence-electron chi connectivity index (χ3n) is 3.54. The number of hydrogen-bond donors (Lipinski definition) is 1. The summed E-state index contributed by atoms with van der Waals surface area (Å²) in [5, 5.41) is 2.07. The van der Waals surface area contributed by atoms with E-state index in [1.807, 2.05) is 12.1 Å². The molecule has 1 aromatic heterocycles. The van der Waals surface area contributed by atoms with E-state index in [4.69, 9.17) is 8.60 Å². The van der Waals surface area contributed by atoms with Crippen LogP contribution in [0.15, 0.2) is 76.2 Å². The molecule has 3 aromatic rings. The van der Waals surface area contributed by atoms with E-state index in [2.05, 4.69) is 5.32 Å². The van der Waals surface area contributed by atoms with E-state index in [9.17, 15) is 12.8 Å². The lowest BCUT2D eigenvalue weighted by atomic mass is 10.2. The zero-order chi connectivity index (χ0) is 17.7. The summed E-state index contributed by atoms with van der Waals surface area (Å²) in [6.07, 6.45) is 1.64. The average Bonchev–Trinajstić information content (AvgIpc) is 3.10. The maximum Gasteiger partial charge on any atom is 0.339 e. The molecule has 130 valence electrons. The topological polar surface area (TPSA) is 73.1 Å².